The number of nitrogens with zero attached hydrogens (tertiary/aromatic N) is 1. The predicted molar refractivity (Wildman–Crippen MR) is 77.5 cm³/mol. The molecule has 0 unspecified atom stereocenters. The van der Waals surface area contributed by atoms with E-state index in [1.54, 1.807) is 11.2 Å². The standard InChI is InChI=1S/C14H22N2O2S/c1-10-6-8-16(9-7-10)19(17,18)14-12(3)5-4-11(2)13(14)15/h4-5,10H,6-9,15H2,1-3H3. The lowest BCUT2D eigenvalue weighted by Crippen LogP contribution is -2.38. The minimum absolute atomic E-state index is 0.294. The Kier molecular flexibility index (Phi) is 3.87. The first-order chi connectivity index (χ1) is 8.84. The predicted octanol–water partition coefficient (Wildman–Crippen LogP) is 2.31. The fourth-order valence-corrected chi connectivity index (χ4v) is 4.37. The van der Waals surface area contributed by atoms with Crippen molar-refractivity contribution in [3.63, 3.8) is 0 Å². The molecule has 5 heteroatoms. The topological polar surface area (TPSA) is 63.4 Å². The highest BCUT2D eigenvalue weighted by molar-refractivity contribution is 7.89. The number of nitrogens with two attached hydrogens (primary N) is 1. The van der Waals surface area contributed by atoms with Crippen molar-refractivity contribution in [1.82, 2.24) is 4.31 Å². The van der Waals surface area contributed by atoms with E-state index < -0.39 is 10.0 Å². The van der Waals surface area contributed by atoms with E-state index in [2.05, 4.69) is 6.92 Å². The van der Waals surface area contributed by atoms with Crippen LogP contribution in [0.2, 0.25) is 0 Å². The lowest BCUT2D eigenvalue weighted by atomic mass is 10.0. The minimum atomic E-state index is -3.46. The van der Waals surface area contributed by atoms with Gasteiger partial charge < -0.3 is 5.73 Å². The van der Waals surface area contributed by atoms with Gasteiger partial charge in [0.25, 0.3) is 0 Å². The third-order valence-electron chi connectivity index (χ3n) is 3.95. The van der Waals surface area contributed by atoms with Crippen LogP contribution in [0.15, 0.2) is 17.0 Å². The van der Waals surface area contributed by atoms with E-state index in [9.17, 15) is 8.42 Å². The molecule has 1 aromatic rings. The van der Waals surface area contributed by atoms with Gasteiger partial charge in [-0.1, -0.05) is 19.1 Å². The molecule has 1 aliphatic rings. The summed E-state index contributed by atoms with van der Waals surface area (Å²) in [5, 5.41) is 0. The fraction of sp³-hybridized carbons (Fsp3) is 0.571. The normalized spacial score (nSPS) is 18.7. The number of anilines is 1. The van der Waals surface area contributed by atoms with Crippen LogP contribution in [0.3, 0.4) is 0 Å². The van der Waals surface area contributed by atoms with Gasteiger partial charge in [-0.05, 0) is 43.7 Å². The Bertz CT molecular complexity index is 573. The number of piperidine rings is 1. The van der Waals surface area contributed by atoms with Crippen LogP contribution < -0.4 is 5.73 Å². The average molecular weight is 282 g/mol. The van der Waals surface area contributed by atoms with Gasteiger partial charge in [-0.3, -0.25) is 0 Å². The van der Waals surface area contributed by atoms with Crippen LogP contribution in [-0.2, 0) is 10.0 Å². The third-order valence-corrected chi connectivity index (χ3v) is 6.05. The molecule has 1 fully saturated rings. The fourth-order valence-electron chi connectivity index (χ4n) is 2.50. The largest absolute Gasteiger partial charge is 0.397 e. The molecule has 1 aliphatic heterocycles. The molecule has 1 aromatic carbocycles. The zero-order valence-electron chi connectivity index (χ0n) is 11.8. The van der Waals surface area contributed by atoms with Crippen LogP contribution >= 0.6 is 0 Å². The molecule has 1 saturated heterocycles. The first-order valence-corrected chi connectivity index (χ1v) is 8.14. The Labute approximate surface area is 115 Å². The number of hydrogen-bond acceptors (Lipinski definition) is 3. The SMILES string of the molecule is Cc1ccc(C)c(S(=O)(=O)N2CCC(C)CC2)c1N. The van der Waals surface area contributed by atoms with Crippen LogP contribution in [-0.4, -0.2) is 25.8 Å². The second-order valence-electron chi connectivity index (χ2n) is 5.53. The maximum absolute atomic E-state index is 12.7. The van der Waals surface area contributed by atoms with Crippen molar-refractivity contribution in [3.05, 3.63) is 23.3 Å². The Morgan fingerprint density at radius 3 is 2.26 bits per heavy atom. The van der Waals surface area contributed by atoms with E-state index in [1.807, 2.05) is 19.1 Å². The van der Waals surface area contributed by atoms with Crippen LogP contribution in [0.5, 0.6) is 0 Å². The quantitative estimate of drug-likeness (QED) is 0.847. The van der Waals surface area contributed by atoms with E-state index in [1.165, 1.54) is 0 Å². The number of hydrogen-bond donors (Lipinski definition) is 1. The lowest BCUT2D eigenvalue weighted by Gasteiger charge is -2.30. The Morgan fingerprint density at radius 2 is 1.68 bits per heavy atom. The van der Waals surface area contributed by atoms with Gasteiger partial charge in [0.1, 0.15) is 4.90 Å². The summed E-state index contributed by atoms with van der Waals surface area (Å²) in [6, 6.07) is 3.69. The zero-order valence-corrected chi connectivity index (χ0v) is 12.6. The number of aryl methyl sites for hydroxylation is 2. The van der Waals surface area contributed by atoms with Crippen molar-refractivity contribution in [2.75, 3.05) is 18.8 Å². The van der Waals surface area contributed by atoms with Crippen LogP contribution in [0.4, 0.5) is 5.69 Å². The smallest absolute Gasteiger partial charge is 0.245 e. The molecular weight excluding hydrogens is 260 g/mol. The molecule has 2 N–H and O–H groups in total. The molecule has 0 radical (unpaired) electrons. The molecular formula is C14H22N2O2S. The van der Waals surface area contributed by atoms with E-state index >= 15 is 0 Å². The Morgan fingerprint density at radius 1 is 1.16 bits per heavy atom. The van der Waals surface area contributed by atoms with Crippen molar-refractivity contribution >= 4 is 15.7 Å². The molecule has 1 heterocycles. The van der Waals surface area contributed by atoms with Gasteiger partial charge in [0.05, 0.1) is 5.69 Å². The van der Waals surface area contributed by atoms with E-state index in [4.69, 9.17) is 5.73 Å². The Hall–Kier alpha value is -1.07. The van der Waals surface area contributed by atoms with E-state index in [-0.39, 0.29) is 0 Å². The second-order valence-corrected chi connectivity index (χ2v) is 7.40. The summed E-state index contributed by atoms with van der Waals surface area (Å²) >= 11 is 0. The van der Waals surface area contributed by atoms with Gasteiger partial charge in [-0.15, -0.1) is 0 Å². The Balaban J connectivity index is 2.43. The van der Waals surface area contributed by atoms with Crippen molar-refractivity contribution in [2.24, 2.45) is 5.92 Å². The summed E-state index contributed by atoms with van der Waals surface area (Å²) in [4.78, 5) is 0.294. The molecule has 0 spiro atoms. The van der Waals surface area contributed by atoms with Gasteiger partial charge in [0.15, 0.2) is 0 Å². The van der Waals surface area contributed by atoms with Crippen molar-refractivity contribution < 1.29 is 8.42 Å². The van der Waals surface area contributed by atoms with Gasteiger partial charge in [-0.25, -0.2) is 8.42 Å². The number of rotatable bonds is 2. The van der Waals surface area contributed by atoms with Crippen molar-refractivity contribution in [1.29, 1.82) is 0 Å². The van der Waals surface area contributed by atoms with Gasteiger partial charge >= 0.3 is 0 Å². The molecule has 106 valence electrons. The van der Waals surface area contributed by atoms with E-state index in [0.29, 0.717) is 29.6 Å². The molecule has 0 aliphatic carbocycles. The van der Waals surface area contributed by atoms with Crippen molar-refractivity contribution in [3.8, 4) is 0 Å². The second kappa shape index (κ2) is 5.13. The molecule has 0 atom stereocenters. The molecule has 4 nitrogen and oxygen atoms in total. The molecule has 0 bridgehead atoms. The molecule has 19 heavy (non-hydrogen) atoms. The lowest BCUT2D eigenvalue weighted by molar-refractivity contribution is 0.288. The highest BCUT2D eigenvalue weighted by atomic mass is 32.2. The first-order valence-electron chi connectivity index (χ1n) is 6.70. The molecule has 0 amide bonds. The van der Waals surface area contributed by atoms with Gasteiger partial charge in [-0.2, -0.15) is 4.31 Å². The molecule has 0 aromatic heterocycles. The minimum Gasteiger partial charge on any atom is -0.397 e. The summed E-state index contributed by atoms with van der Waals surface area (Å²) in [6.07, 6.45) is 1.84. The highest BCUT2D eigenvalue weighted by Crippen LogP contribution is 2.31. The summed E-state index contributed by atoms with van der Waals surface area (Å²) in [5.74, 6) is 0.599. The maximum atomic E-state index is 12.7. The highest BCUT2D eigenvalue weighted by Gasteiger charge is 2.31. The summed E-state index contributed by atoms with van der Waals surface area (Å²) in [6.45, 7) is 6.99. The van der Waals surface area contributed by atoms with Gasteiger partial charge in [0, 0.05) is 13.1 Å². The average Bonchev–Trinajstić information content (AvgIpc) is 2.34. The number of benzene rings is 1. The summed E-state index contributed by atoms with van der Waals surface area (Å²) in [7, 11) is -3.46. The number of nitrogen functional groups attached to an aromatic ring is 1. The maximum Gasteiger partial charge on any atom is 0.245 e. The van der Waals surface area contributed by atoms with E-state index in [0.717, 1.165) is 24.0 Å². The summed E-state index contributed by atoms with van der Waals surface area (Å²) < 4.78 is 27.0. The molecule has 2 rings (SSSR count). The first kappa shape index (κ1) is 14.3. The third kappa shape index (κ3) is 2.62. The summed E-state index contributed by atoms with van der Waals surface area (Å²) in [5.41, 5.74) is 7.92. The van der Waals surface area contributed by atoms with Crippen LogP contribution in [0, 0.1) is 19.8 Å². The number of sulfonamides is 1. The van der Waals surface area contributed by atoms with Crippen molar-refractivity contribution in [2.45, 2.75) is 38.5 Å². The molecule has 0 saturated carbocycles. The zero-order chi connectivity index (χ0) is 14.2. The monoisotopic (exact) mass is 282 g/mol. The van der Waals surface area contributed by atoms with Crippen LogP contribution in [0.1, 0.15) is 30.9 Å². The van der Waals surface area contributed by atoms with Crippen LogP contribution in [0.25, 0.3) is 0 Å². The van der Waals surface area contributed by atoms with Gasteiger partial charge in [0.2, 0.25) is 10.0 Å².